The first-order valence-corrected chi connectivity index (χ1v) is 5.89. The molecule has 1 aromatic heterocycles. The molecule has 2 nitrogen and oxygen atoms in total. The maximum Gasteiger partial charge on any atom is 0.401 e. The average molecular weight is 252 g/mol. The van der Waals surface area contributed by atoms with Gasteiger partial charge in [-0.1, -0.05) is 0 Å². The largest absolute Gasteiger partial charge is 0.401 e. The fourth-order valence-electron chi connectivity index (χ4n) is 1.27. The molecule has 0 saturated carbocycles. The van der Waals surface area contributed by atoms with Crippen LogP contribution in [0.4, 0.5) is 13.2 Å². The van der Waals surface area contributed by atoms with Gasteiger partial charge in [0, 0.05) is 19.6 Å². The summed E-state index contributed by atoms with van der Waals surface area (Å²) in [4.78, 5) is 1.99. The Balaban J connectivity index is 2.09. The summed E-state index contributed by atoms with van der Waals surface area (Å²) < 4.78 is 35.4. The van der Waals surface area contributed by atoms with Crippen molar-refractivity contribution >= 4 is 11.3 Å². The van der Waals surface area contributed by atoms with Crippen LogP contribution in [0.25, 0.3) is 0 Å². The minimum atomic E-state index is -4.12. The van der Waals surface area contributed by atoms with Gasteiger partial charge in [-0.25, -0.2) is 0 Å². The van der Waals surface area contributed by atoms with Crippen LogP contribution in [0.1, 0.15) is 5.56 Å². The summed E-state index contributed by atoms with van der Waals surface area (Å²) in [5, 5.41) is 6.40. The molecule has 1 heterocycles. The Morgan fingerprint density at radius 2 is 2.19 bits per heavy atom. The van der Waals surface area contributed by atoms with Crippen LogP contribution in [0.15, 0.2) is 16.8 Å². The summed E-state index contributed by atoms with van der Waals surface area (Å²) in [6.07, 6.45) is -4.12. The Hall–Kier alpha value is -0.590. The lowest BCUT2D eigenvalue weighted by molar-refractivity contribution is -0.124. The lowest BCUT2D eigenvalue weighted by atomic mass is 10.3. The Morgan fingerprint density at radius 3 is 2.75 bits per heavy atom. The molecule has 1 N–H and O–H groups in total. The molecule has 0 spiro atoms. The minimum absolute atomic E-state index is 0.347. The number of halogens is 3. The van der Waals surface area contributed by atoms with E-state index in [2.05, 4.69) is 5.32 Å². The highest BCUT2D eigenvalue weighted by Crippen LogP contribution is 2.12. The lowest BCUT2D eigenvalue weighted by Gasteiger charge is -2.16. The van der Waals surface area contributed by atoms with Crippen molar-refractivity contribution in [3.05, 3.63) is 22.4 Å². The van der Waals surface area contributed by atoms with Gasteiger partial charge in [0.2, 0.25) is 0 Å². The molecule has 0 radical (unpaired) electrons. The fraction of sp³-hybridized carbons (Fsp3) is 0.600. The maximum atomic E-state index is 11.8. The van der Waals surface area contributed by atoms with Gasteiger partial charge >= 0.3 is 6.18 Å². The summed E-state index contributed by atoms with van der Waals surface area (Å²) in [6.45, 7) is 0.808. The number of nitrogens with one attached hydrogen (secondary N) is 1. The standard InChI is InChI=1S/C10H15F3N2S/c1-15(6-9-2-5-16-7-9)4-3-14-8-10(11,12)13/h2,5,7,14H,3-4,6,8H2,1H3. The van der Waals surface area contributed by atoms with E-state index in [9.17, 15) is 13.2 Å². The number of hydrogen-bond donors (Lipinski definition) is 1. The van der Waals surface area contributed by atoms with Gasteiger partial charge in [0.15, 0.2) is 0 Å². The van der Waals surface area contributed by atoms with Gasteiger partial charge in [-0.05, 0) is 29.4 Å². The van der Waals surface area contributed by atoms with Gasteiger partial charge in [-0.15, -0.1) is 0 Å². The van der Waals surface area contributed by atoms with Crippen LogP contribution in [-0.2, 0) is 6.54 Å². The van der Waals surface area contributed by atoms with Crippen LogP contribution in [0.3, 0.4) is 0 Å². The Labute approximate surface area is 97.1 Å². The molecule has 0 aliphatic rings. The van der Waals surface area contributed by atoms with E-state index in [-0.39, 0.29) is 0 Å². The van der Waals surface area contributed by atoms with Crippen LogP contribution in [0.2, 0.25) is 0 Å². The van der Waals surface area contributed by atoms with Gasteiger partial charge in [-0.3, -0.25) is 0 Å². The molecule has 0 bridgehead atoms. The van der Waals surface area contributed by atoms with Gasteiger partial charge in [0.05, 0.1) is 6.54 Å². The van der Waals surface area contributed by atoms with E-state index in [0.717, 1.165) is 6.54 Å². The smallest absolute Gasteiger partial charge is 0.307 e. The predicted molar refractivity (Wildman–Crippen MR) is 59.6 cm³/mol. The zero-order valence-electron chi connectivity index (χ0n) is 9.05. The Bertz CT molecular complexity index is 285. The number of rotatable bonds is 6. The quantitative estimate of drug-likeness (QED) is 0.782. The SMILES string of the molecule is CN(CCNCC(F)(F)F)Cc1ccsc1. The van der Waals surface area contributed by atoms with E-state index in [1.54, 1.807) is 11.3 Å². The molecule has 0 saturated heterocycles. The van der Waals surface area contributed by atoms with Crippen LogP contribution >= 0.6 is 11.3 Å². The van der Waals surface area contributed by atoms with Crippen LogP contribution in [0, 0.1) is 0 Å². The van der Waals surface area contributed by atoms with E-state index in [1.807, 2.05) is 28.8 Å². The summed E-state index contributed by atoms with van der Waals surface area (Å²) in [6, 6.07) is 2.02. The van der Waals surface area contributed by atoms with Crippen molar-refractivity contribution in [1.82, 2.24) is 10.2 Å². The molecule has 92 valence electrons. The van der Waals surface area contributed by atoms with E-state index in [0.29, 0.717) is 13.1 Å². The van der Waals surface area contributed by atoms with Crippen molar-refractivity contribution in [1.29, 1.82) is 0 Å². The van der Waals surface area contributed by atoms with Crippen molar-refractivity contribution < 1.29 is 13.2 Å². The van der Waals surface area contributed by atoms with Gasteiger partial charge in [0.1, 0.15) is 0 Å². The summed E-state index contributed by atoms with van der Waals surface area (Å²) in [5.74, 6) is 0. The highest BCUT2D eigenvalue weighted by Gasteiger charge is 2.25. The zero-order valence-corrected chi connectivity index (χ0v) is 9.87. The summed E-state index contributed by atoms with van der Waals surface area (Å²) >= 11 is 1.62. The first-order valence-electron chi connectivity index (χ1n) is 4.94. The number of alkyl halides is 3. The van der Waals surface area contributed by atoms with E-state index >= 15 is 0 Å². The molecule has 0 aromatic carbocycles. The molecule has 0 aliphatic heterocycles. The molecule has 1 rings (SSSR count). The van der Waals surface area contributed by atoms with Gasteiger partial charge in [-0.2, -0.15) is 24.5 Å². The van der Waals surface area contributed by atoms with E-state index < -0.39 is 12.7 Å². The monoisotopic (exact) mass is 252 g/mol. The van der Waals surface area contributed by atoms with Crippen molar-refractivity contribution in [2.45, 2.75) is 12.7 Å². The number of likely N-dealkylation sites (N-methyl/N-ethyl adjacent to an activating group) is 1. The predicted octanol–water partition coefficient (Wildman–Crippen LogP) is 2.33. The second kappa shape index (κ2) is 6.22. The second-order valence-electron chi connectivity index (χ2n) is 3.66. The first-order chi connectivity index (χ1) is 7.47. The number of hydrogen-bond acceptors (Lipinski definition) is 3. The molecule has 0 fully saturated rings. The third-order valence-electron chi connectivity index (χ3n) is 2.03. The number of nitrogens with zero attached hydrogens (tertiary/aromatic N) is 1. The second-order valence-corrected chi connectivity index (χ2v) is 4.44. The molecule has 0 atom stereocenters. The molecular weight excluding hydrogens is 237 g/mol. The molecular formula is C10H15F3N2S. The van der Waals surface area contributed by atoms with Crippen LogP contribution in [-0.4, -0.2) is 37.8 Å². The average Bonchev–Trinajstić information content (AvgIpc) is 2.63. The molecule has 0 aliphatic carbocycles. The van der Waals surface area contributed by atoms with Crippen molar-refractivity contribution in [2.24, 2.45) is 0 Å². The molecule has 0 unspecified atom stereocenters. The van der Waals surface area contributed by atoms with Crippen LogP contribution < -0.4 is 5.32 Å². The Kier molecular flexibility index (Phi) is 5.24. The van der Waals surface area contributed by atoms with Crippen LogP contribution in [0.5, 0.6) is 0 Å². The Morgan fingerprint density at radius 1 is 1.44 bits per heavy atom. The van der Waals surface area contributed by atoms with Crippen molar-refractivity contribution in [3.8, 4) is 0 Å². The third-order valence-corrected chi connectivity index (χ3v) is 2.76. The molecule has 1 aromatic rings. The summed E-state index contributed by atoms with van der Waals surface area (Å²) in [5.41, 5.74) is 1.20. The maximum absolute atomic E-state index is 11.8. The topological polar surface area (TPSA) is 15.3 Å². The first kappa shape index (κ1) is 13.5. The van der Waals surface area contributed by atoms with Gasteiger partial charge < -0.3 is 10.2 Å². The van der Waals surface area contributed by atoms with Crippen molar-refractivity contribution in [2.75, 3.05) is 26.7 Å². The fourth-order valence-corrected chi connectivity index (χ4v) is 1.93. The minimum Gasteiger partial charge on any atom is -0.307 e. The van der Waals surface area contributed by atoms with Crippen molar-refractivity contribution in [3.63, 3.8) is 0 Å². The van der Waals surface area contributed by atoms with E-state index in [4.69, 9.17) is 0 Å². The number of thiophene rings is 1. The third kappa shape index (κ3) is 6.09. The van der Waals surface area contributed by atoms with E-state index in [1.165, 1.54) is 5.56 Å². The normalized spacial score (nSPS) is 12.3. The highest BCUT2D eigenvalue weighted by molar-refractivity contribution is 7.07. The molecule has 16 heavy (non-hydrogen) atoms. The summed E-state index contributed by atoms with van der Waals surface area (Å²) in [7, 11) is 1.90. The van der Waals surface area contributed by atoms with Gasteiger partial charge in [0.25, 0.3) is 0 Å². The lowest BCUT2D eigenvalue weighted by Crippen LogP contribution is -2.34. The zero-order chi connectivity index (χ0) is 12.0. The molecule has 6 heteroatoms. The molecule has 0 amide bonds. The highest BCUT2D eigenvalue weighted by atomic mass is 32.1.